The van der Waals surface area contributed by atoms with E-state index < -0.39 is 18.0 Å². The number of benzene rings is 3. The number of rotatable bonds is 11. The standard InChI is InChI=1S/C32H33N5O7/c1-20-13-23(15-24(14-20)19-43-32(40)35-17-27(38)42-18-22-7-5-4-6-8-22)16-34-31(33)36-30(39)28-21(2)44-37-29(28)25-9-11-26(41-3)12-10-25/h4-15H,16-19H2,1-3H3,(H,35,40)(H3,33,34,36,39). The number of nitrogens with zero attached hydrogens (tertiary/aromatic N) is 2. The fourth-order valence-electron chi connectivity index (χ4n) is 4.24. The van der Waals surface area contributed by atoms with E-state index in [1.54, 1.807) is 44.4 Å². The Morgan fingerprint density at radius 1 is 0.909 bits per heavy atom. The van der Waals surface area contributed by atoms with Crippen molar-refractivity contribution < 1.29 is 33.1 Å². The first-order valence-electron chi connectivity index (χ1n) is 13.6. The Balaban J connectivity index is 1.28. The van der Waals surface area contributed by atoms with E-state index in [9.17, 15) is 14.4 Å². The number of hydrogen-bond acceptors (Lipinski definition) is 9. The molecule has 3 aromatic carbocycles. The van der Waals surface area contributed by atoms with E-state index in [0.29, 0.717) is 28.3 Å². The maximum atomic E-state index is 13.0. The molecule has 0 aliphatic heterocycles. The second kappa shape index (κ2) is 15.0. The molecule has 4 N–H and O–H groups in total. The average molecular weight is 600 g/mol. The summed E-state index contributed by atoms with van der Waals surface area (Å²) in [5, 5.41) is 9.00. The Bertz CT molecular complexity index is 1630. The van der Waals surface area contributed by atoms with E-state index in [1.807, 2.05) is 49.4 Å². The molecule has 4 aromatic rings. The van der Waals surface area contributed by atoms with Crippen molar-refractivity contribution in [2.75, 3.05) is 13.7 Å². The van der Waals surface area contributed by atoms with Crippen molar-refractivity contribution in [1.82, 2.24) is 15.8 Å². The van der Waals surface area contributed by atoms with Crippen molar-refractivity contribution in [2.45, 2.75) is 33.6 Å². The van der Waals surface area contributed by atoms with Gasteiger partial charge in [0.1, 0.15) is 42.5 Å². The lowest BCUT2D eigenvalue weighted by atomic mass is 10.1. The van der Waals surface area contributed by atoms with Gasteiger partial charge in [0.2, 0.25) is 0 Å². The van der Waals surface area contributed by atoms with Crippen LogP contribution < -0.4 is 21.1 Å². The van der Waals surface area contributed by atoms with Gasteiger partial charge in [-0.3, -0.25) is 14.9 Å². The third-order valence-electron chi connectivity index (χ3n) is 6.31. The number of nitrogens with two attached hydrogens (primary N) is 1. The Morgan fingerprint density at radius 3 is 2.34 bits per heavy atom. The summed E-state index contributed by atoms with van der Waals surface area (Å²) < 4.78 is 20.8. The number of hydrogen-bond donors (Lipinski definition) is 3. The number of aryl methyl sites for hydroxylation is 2. The van der Waals surface area contributed by atoms with Crippen molar-refractivity contribution in [3.63, 3.8) is 0 Å². The molecule has 0 spiro atoms. The first-order chi connectivity index (χ1) is 21.2. The Morgan fingerprint density at radius 2 is 1.61 bits per heavy atom. The zero-order valence-electron chi connectivity index (χ0n) is 24.6. The highest BCUT2D eigenvalue weighted by Gasteiger charge is 2.22. The molecule has 0 fully saturated rings. The van der Waals surface area contributed by atoms with Crippen molar-refractivity contribution in [3.8, 4) is 17.0 Å². The van der Waals surface area contributed by atoms with Crippen LogP contribution in [0.4, 0.5) is 4.79 Å². The fourth-order valence-corrected chi connectivity index (χ4v) is 4.24. The van der Waals surface area contributed by atoms with E-state index >= 15 is 0 Å². The molecular formula is C32H33N5O7. The van der Waals surface area contributed by atoms with Gasteiger partial charge < -0.3 is 29.8 Å². The second-order valence-electron chi connectivity index (χ2n) is 9.75. The zero-order valence-corrected chi connectivity index (χ0v) is 24.6. The van der Waals surface area contributed by atoms with Crippen LogP contribution in [0.1, 0.15) is 38.4 Å². The van der Waals surface area contributed by atoms with Gasteiger partial charge in [0.25, 0.3) is 5.91 Å². The lowest BCUT2D eigenvalue weighted by Gasteiger charge is -2.10. The molecule has 1 aromatic heterocycles. The number of alkyl carbamates (subject to hydrolysis) is 1. The maximum Gasteiger partial charge on any atom is 0.407 e. The van der Waals surface area contributed by atoms with Crippen LogP contribution in [0.25, 0.3) is 11.3 Å². The highest BCUT2D eigenvalue weighted by molar-refractivity contribution is 6.08. The van der Waals surface area contributed by atoms with E-state index in [1.165, 1.54) is 0 Å². The van der Waals surface area contributed by atoms with Gasteiger partial charge in [0, 0.05) is 5.56 Å². The van der Waals surface area contributed by atoms with Gasteiger partial charge in [0.15, 0.2) is 5.96 Å². The summed E-state index contributed by atoms with van der Waals surface area (Å²) in [4.78, 5) is 41.4. The molecule has 2 amide bonds. The van der Waals surface area contributed by atoms with E-state index in [0.717, 1.165) is 16.7 Å². The van der Waals surface area contributed by atoms with Crippen molar-refractivity contribution in [1.29, 1.82) is 0 Å². The molecule has 44 heavy (non-hydrogen) atoms. The number of aromatic nitrogens is 1. The number of nitrogens with one attached hydrogen (secondary N) is 2. The van der Waals surface area contributed by atoms with Crippen LogP contribution in [-0.4, -0.2) is 42.7 Å². The van der Waals surface area contributed by atoms with Crippen LogP contribution in [0.2, 0.25) is 0 Å². The third kappa shape index (κ3) is 8.92. The molecule has 0 bridgehead atoms. The Kier molecular flexibility index (Phi) is 10.7. The number of ether oxygens (including phenoxy) is 3. The van der Waals surface area contributed by atoms with Crippen molar-refractivity contribution in [3.05, 3.63) is 106 Å². The quantitative estimate of drug-likeness (QED) is 0.130. The highest BCUT2D eigenvalue weighted by atomic mass is 16.6. The van der Waals surface area contributed by atoms with Crippen molar-refractivity contribution in [2.24, 2.45) is 10.7 Å². The number of esters is 1. The molecule has 0 saturated carbocycles. The predicted molar refractivity (Wildman–Crippen MR) is 162 cm³/mol. The molecule has 1 heterocycles. The van der Waals surface area contributed by atoms with Crippen LogP contribution in [-0.2, 0) is 34.0 Å². The molecule has 0 aliphatic rings. The normalized spacial score (nSPS) is 11.0. The number of methoxy groups -OCH3 is 1. The molecule has 0 atom stereocenters. The number of aliphatic imine (C=N–C) groups is 1. The van der Waals surface area contributed by atoms with Gasteiger partial charge in [-0.15, -0.1) is 0 Å². The van der Waals surface area contributed by atoms with E-state index in [2.05, 4.69) is 20.8 Å². The molecular weight excluding hydrogens is 566 g/mol. The second-order valence-corrected chi connectivity index (χ2v) is 9.75. The maximum absolute atomic E-state index is 13.0. The summed E-state index contributed by atoms with van der Waals surface area (Å²) >= 11 is 0. The lowest BCUT2D eigenvalue weighted by Crippen LogP contribution is -2.37. The number of carbonyl (C=O) groups excluding carboxylic acids is 3. The molecule has 0 radical (unpaired) electrons. The molecule has 12 nitrogen and oxygen atoms in total. The minimum Gasteiger partial charge on any atom is -0.497 e. The van der Waals surface area contributed by atoms with Crippen LogP contribution >= 0.6 is 0 Å². The van der Waals surface area contributed by atoms with Gasteiger partial charge in [-0.05, 0) is 54.8 Å². The Hall–Kier alpha value is -5.65. The average Bonchev–Trinajstić information content (AvgIpc) is 3.42. The zero-order chi connectivity index (χ0) is 31.5. The largest absolute Gasteiger partial charge is 0.497 e. The van der Waals surface area contributed by atoms with E-state index in [4.69, 9.17) is 24.5 Å². The summed E-state index contributed by atoms with van der Waals surface area (Å²) in [5.74, 6) is -0.180. The molecule has 12 heteroatoms. The summed E-state index contributed by atoms with van der Waals surface area (Å²) in [6, 6.07) is 21.8. The van der Waals surface area contributed by atoms with Gasteiger partial charge >= 0.3 is 12.1 Å². The van der Waals surface area contributed by atoms with Crippen LogP contribution in [0.5, 0.6) is 5.75 Å². The highest BCUT2D eigenvalue weighted by Crippen LogP contribution is 2.27. The number of guanidine groups is 1. The van der Waals surface area contributed by atoms with Crippen LogP contribution in [0.15, 0.2) is 82.3 Å². The smallest absolute Gasteiger partial charge is 0.407 e. The van der Waals surface area contributed by atoms with Gasteiger partial charge in [-0.1, -0.05) is 59.3 Å². The molecule has 228 valence electrons. The monoisotopic (exact) mass is 599 g/mol. The fraction of sp³-hybridized carbons (Fsp3) is 0.219. The summed E-state index contributed by atoms with van der Waals surface area (Å²) in [7, 11) is 1.57. The minimum absolute atomic E-state index is 0.0313. The van der Waals surface area contributed by atoms with Crippen molar-refractivity contribution >= 4 is 23.9 Å². The third-order valence-corrected chi connectivity index (χ3v) is 6.31. The van der Waals surface area contributed by atoms with Crippen LogP contribution in [0, 0.1) is 13.8 Å². The summed E-state index contributed by atoms with van der Waals surface area (Å²) in [5.41, 5.74) is 10.6. The van der Waals surface area contributed by atoms with Gasteiger partial charge in [0.05, 0.1) is 13.7 Å². The Labute approximate surface area is 254 Å². The topological polar surface area (TPSA) is 167 Å². The predicted octanol–water partition coefficient (Wildman–Crippen LogP) is 4.18. The SMILES string of the molecule is COc1ccc(-c2noc(C)c2C(=O)NC(N)=NCc2cc(C)cc(COC(=O)NCC(=O)OCc3ccccc3)c2)cc1. The summed E-state index contributed by atoms with van der Waals surface area (Å²) in [6.45, 7) is 3.45. The number of carbonyl (C=O) groups is 3. The lowest BCUT2D eigenvalue weighted by molar-refractivity contribution is -0.143. The summed E-state index contributed by atoms with van der Waals surface area (Å²) in [6.07, 6.45) is -0.757. The first kappa shape index (κ1) is 31.3. The molecule has 0 aliphatic carbocycles. The van der Waals surface area contributed by atoms with Gasteiger partial charge in [-0.2, -0.15) is 0 Å². The molecule has 0 saturated heterocycles. The van der Waals surface area contributed by atoms with E-state index in [-0.39, 0.29) is 37.8 Å². The van der Waals surface area contributed by atoms with Gasteiger partial charge in [-0.25, -0.2) is 9.79 Å². The minimum atomic E-state index is -0.757. The molecule has 0 unspecified atom stereocenters. The van der Waals surface area contributed by atoms with Crippen LogP contribution in [0.3, 0.4) is 0 Å². The number of amides is 2. The first-order valence-corrected chi connectivity index (χ1v) is 13.6. The molecule has 4 rings (SSSR count).